The minimum atomic E-state index is -0.183. The van der Waals surface area contributed by atoms with Crippen LogP contribution in [0, 0.1) is 0 Å². The fraction of sp³-hybridized carbons (Fsp3) is 0.211. The van der Waals surface area contributed by atoms with Crippen molar-refractivity contribution in [3.05, 3.63) is 70.0 Å². The van der Waals surface area contributed by atoms with Gasteiger partial charge in [0.05, 0.1) is 13.0 Å². The lowest BCUT2D eigenvalue weighted by Crippen LogP contribution is -2.26. The maximum atomic E-state index is 12.6. The predicted octanol–water partition coefficient (Wildman–Crippen LogP) is 2.94. The number of hydrogen-bond acceptors (Lipinski definition) is 4. The molecular weight excluding hydrogens is 348 g/mol. The number of carbonyl (C=O) groups is 2. The third-order valence-corrected chi connectivity index (χ3v) is 4.75. The standard InChI is InChI=1S/C19H20N4O2S/c1-22(13-15-9-6-10-26-15)19(25)16-12-17(23(2)21-16)20-18(24)11-14-7-4-3-5-8-14/h3-10,12H,11,13H2,1-2H3,(H,20,24). The maximum absolute atomic E-state index is 12.6. The molecule has 26 heavy (non-hydrogen) atoms. The third-order valence-electron chi connectivity index (χ3n) is 3.89. The highest BCUT2D eigenvalue weighted by Crippen LogP contribution is 2.15. The van der Waals surface area contributed by atoms with E-state index in [1.165, 1.54) is 4.68 Å². The number of nitrogens with zero attached hydrogens (tertiary/aromatic N) is 3. The highest BCUT2D eigenvalue weighted by molar-refractivity contribution is 7.09. The second-order valence-corrected chi connectivity index (χ2v) is 7.02. The Bertz CT molecular complexity index is 888. The van der Waals surface area contributed by atoms with Crippen LogP contribution < -0.4 is 5.32 Å². The van der Waals surface area contributed by atoms with Gasteiger partial charge in [-0.2, -0.15) is 5.10 Å². The molecule has 1 aromatic carbocycles. The molecule has 3 aromatic rings. The lowest BCUT2D eigenvalue weighted by molar-refractivity contribution is -0.115. The molecule has 0 unspecified atom stereocenters. The van der Waals surface area contributed by atoms with Crippen molar-refractivity contribution in [1.29, 1.82) is 0 Å². The minimum absolute atomic E-state index is 0.148. The van der Waals surface area contributed by atoms with Crippen LogP contribution in [0.1, 0.15) is 20.9 Å². The molecule has 0 radical (unpaired) electrons. The number of aromatic nitrogens is 2. The van der Waals surface area contributed by atoms with E-state index in [4.69, 9.17) is 0 Å². The first-order valence-electron chi connectivity index (χ1n) is 8.18. The van der Waals surface area contributed by atoms with Gasteiger partial charge in [-0.05, 0) is 17.0 Å². The van der Waals surface area contributed by atoms with Crippen molar-refractivity contribution < 1.29 is 9.59 Å². The zero-order valence-electron chi connectivity index (χ0n) is 14.7. The molecule has 3 rings (SSSR count). The number of aryl methyl sites for hydroxylation is 1. The Balaban J connectivity index is 1.64. The van der Waals surface area contributed by atoms with Gasteiger partial charge < -0.3 is 10.2 Å². The molecule has 134 valence electrons. The lowest BCUT2D eigenvalue weighted by Gasteiger charge is -2.14. The largest absolute Gasteiger partial charge is 0.335 e. The normalized spacial score (nSPS) is 10.5. The smallest absolute Gasteiger partial charge is 0.274 e. The van der Waals surface area contributed by atoms with Crippen LogP contribution in [0.5, 0.6) is 0 Å². The van der Waals surface area contributed by atoms with Crippen molar-refractivity contribution in [2.75, 3.05) is 12.4 Å². The van der Waals surface area contributed by atoms with Crippen LogP contribution in [0.4, 0.5) is 5.82 Å². The number of hydrogen-bond donors (Lipinski definition) is 1. The summed E-state index contributed by atoms with van der Waals surface area (Å²) in [5.41, 5.74) is 1.24. The van der Waals surface area contributed by atoms with E-state index < -0.39 is 0 Å². The number of benzene rings is 1. The summed E-state index contributed by atoms with van der Waals surface area (Å²) in [6.45, 7) is 0.531. The molecular formula is C19H20N4O2S. The van der Waals surface area contributed by atoms with Crippen LogP contribution in [0.3, 0.4) is 0 Å². The Morgan fingerprint density at radius 1 is 1.19 bits per heavy atom. The van der Waals surface area contributed by atoms with E-state index in [0.717, 1.165) is 10.4 Å². The highest BCUT2D eigenvalue weighted by atomic mass is 32.1. The van der Waals surface area contributed by atoms with Crippen molar-refractivity contribution in [3.8, 4) is 0 Å². The van der Waals surface area contributed by atoms with Crippen molar-refractivity contribution in [1.82, 2.24) is 14.7 Å². The number of nitrogens with one attached hydrogen (secondary N) is 1. The van der Waals surface area contributed by atoms with Gasteiger partial charge >= 0.3 is 0 Å². The van der Waals surface area contributed by atoms with Crippen molar-refractivity contribution in [3.63, 3.8) is 0 Å². The zero-order chi connectivity index (χ0) is 18.5. The van der Waals surface area contributed by atoms with Gasteiger partial charge in [-0.15, -0.1) is 11.3 Å². The van der Waals surface area contributed by atoms with Crippen molar-refractivity contribution >= 4 is 29.0 Å². The van der Waals surface area contributed by atoms with Gasteiger partial charge in [0.25, 0.3) is 5.91 Å². The molecule has 1 N–H and O–H groups in total. The fourth-order valence-corrected chi connectivity index (χ4v) is 3.32. The van der Waals surface area contributed by atoms with Crippen LogP contribution in [-0.2, 0) is 24.8 Å². The summed E-state index contributed by atoms with van der Waals surface area (Å²) in [4.78, 5) is 27.5. The summed E-state index contributed by atoms with van der Waals surface area (Å²) >= 11 is 1.60. The average Bonchev–Trinajstić information content (AvgIpc) is 3.25. The van der Waals surface area contributed by atoms with Gasteiger partial charge in [-0.25, -0.2) is 0 Å². The van der Waals surface area contributed by atoms with Gasteiger partial charge in [0, 0.05) is 25.0 Å². The molecule has 0 fully saturated rings. The zero-order valence-corrected chi connectivity index (χ0v) is 15.5. The molecule has 0 bridgehead atoms. The van der Waals surface area contributed by atoms with Gasteiger partial charge in [0.15, 0.2) is 5.69 Å². The summed E-state index contributed by atoms with van der Waals surface area (Å²) in [6, 6.07) is 15.1. The third kappa shape index (κ3) is 4.37. The molecule has 0 aliphatic carbocycles. The lowest BCUT2D eigenvalue weighted by atomic mass is 10.1. The Kier molecular flexibility index (Phi) is 5.48. The second-order valence-electron chi connectivity index (χ2n) is 5.99. The SMILES string of the molecule is CN(Cc1cccs1)C(=O)c1cc(NC(=O)Cc2ccccc2)n(C)n1. The van der Waals surface area contributed by atoms with Crippen molar-refractivity contribution in [2.24, 2.45) is 7.05 Å². The summed E-state index contributed by atoms with van der Waals surface area (Å²) in [5, 5.41) is 9.03. The quantitative estimate of drug-likeness (QED) is 0.727. The van der Waals surface area contributed by atoms with Crippen LogP contribution >= 0.6 is 11.3 Å². The topological polar surface area (TPSA) is 67.2 Å². The molecule has 2 aromatic heterocycles. The molecule has 0 aliphatic heterocycles. The Morgan fingerprint density at radius 2 is 1.96 bits per heavy atom. The van der Waals surface area contributed by atoms with Gasteiger partial charge in [0.1, 0.15) is 5.82 Å². The first-order chi connectivity index (χ1) is 12.5. The van der Waals surface area contributed by atoms with E-state index in [1.807, 2.05) is 47.8 Å². The number of amides is 2. The van der Waals surface area contributed by atoms with E-state index in [-0.39, 0.29) is 18.2 Å². The summed E-state index contributed by atoms with van der Waals surface area (Å²) in [5.74, 6) is 0.168. The fourth-order valence-electron chi connectivity index (χ4n) is 2.56. The van der Waals surface area contributed by atoms with Crippen LogP contribution in [0.25, 0.3) is 0 Å². The molecule has 0 atom stereocenters. The van der Waals surface area contributed by atoms with Gasteiger partial charge in [-0.1, -0.05) is 36.4 Å². The van der Waals surface area contributed by atoms with E-state index in [0.29, 0.717) is 18.1 Å². The first kappa shape index (κ1) is 17.9. The van der Waals surface area contributed by atoms with E-state index in [1.54, 1.807) is 36.4 Å². The van der Waals surface area contributed by atoms with Gasteiger partial charge in [-0.3, -0.25) is 14.3 Å². The molecule has 0 spiro atoms. The van der Waals surface area contributed by atoms with Crippen LogP contribution in [-0.4, -0.2) is 33.5 Å². The Hall–Kier alpha value is -2.93. The second kappa shape index (κ2) is 7.97. The van der Waals surface area contributed by atoms with Gasteiger partial charge in [0.2, 0.25) is 5.91 Å². The number of thiophene rings is 1. The number of carbonyl (C=O) groups excluding carboxylic acids is 2. The first-order valence-corrected chi connectivity index (χ1v) is 9.06. The molecule has 6 nitrogen and oxygen atoms in total. The molecule has 2 heterocycles. The Labute approximate surface area is 156 Å². The summed E-state index contributed by atoms with van der Waals surface area (Å²) < 4.78 is 1.51. The summed E-state index contributed by atoms with van der Waals surface area (Å²) in [7, 11) is 3.44. The molecule has 0 aliphatic rings. The monoisotopic (exact) mass is 368 g/mol. The highest BCUT2D eigenvalue weighted by Gasteiger charge is 2.18. The molecule has 0 saturated carbocycles. The van der Waals surface area contributed by atoms with Crippen LogP contribution in [0.15, 0.2) is 53.9 Å². The van der Waals surface area contributed by atoms with Crippen LogP contribution in [0.2, 0.25) is 0 Å². The van der Waals surface area contributed by atoms with E-state index in [2.05, 4.69) is 10.4 Å². The average molecular weight is 368 g/mol. The minimum Gasteiger partial charge on any atom is -0.335 e. The van der Waals surface area contributed by atoms with Crippen molar-refractivity contribution in [2.45, 2.75) is 13.0 Å². The molecule has 0 saturated heterocycles. The van der Waals surface area contributed by atoms with E-state index in [9.17, 15) is 9.59 Å². The molecule has 7 heteroatoms. The summed E-state index contributed by atoms with van der Waals surface area (Å²) in [6.07, 6.45) is 0.271. The molecule has 2 amide bonds. The number of anilines is 1. The maximum Gasteiger partial charge on any atom is 0.274 e. The predicted molar refractivity (Wildman–Crippen MR) is 102 cm³/mol. The number of rotatable bonds is 6. The van der Waals surface area contributed by atoms with E-state index >= 15 is 0 Å². The Morgan fingerprint density at radius 3 is 2.65 bits per heavy atom.